The van der Waals surface area contributed by atoms with Crippen molar-refractivity contribution in [2.24, 2.45) is 0 Å². The first kappa shape index (κ1) is 16.3. The fraction of sp³-hybridized carbons (Fsp3) is 0.562. The normalized spacial score (nSPS) is 17.5. The molecule has 1 atom stereocenters. The van der Waals surface area contributed by atoms with E-state index in [0.717, 1.165) is 22.9 Å². The number of hydrogen-bond donors (Lipinski definition) is 1. The number of amides is 1. The number of benzene rings is 1. The van der Waals surface area contributed by atoms with Gasteiger partial charge in [-0.1, -0.05) is 22.0 Å². The molecule has 5 heteroatoms. The van der Waals surface area contributed by atoms with E-state index in [2.05, 4.69) is 22.0 Å². The molecule has 21 heavy (non-hydrogen) atoms. The summed E-state index contributed by atoms with van der Waals surface area (Å²) in [5.74, 6) is 0. The Bertz CT molecular complexity index is 525. The number of rotatable bonds is 3. The first-order chi connectivity index (χ1) is 9.81. The number of carbonyl (C=O) groups is 1. The van der Waals surface area contributed by atoms with Crippen LogP contribution in [0.15, 0.2) is 22.7 Å². The molecule has 0 aromatic heterocycles. The van der Waals surface area contributed by atoms with Crippen molar-refractivity contribution in [2.75, 3.05) is 13.2 Å². The lowest BCUT2D eigenvalue weighted by molar-refractivity contribution is 0.0121. The van der Waals surface area contributed by atoms with E-state index in [9.17, 15) is 9.90 Å². The van der Waals surface area contributed by atoms with Gasteiger partial charge in [0, 0.05) is 11.0 Å². The molecule has 1 aliphatic rings. The zero-order chi connectivity index (χ0) is 15.6. The molecule has 2 rings (SSSR count). The fourth-order valence-corrected chi connectivity index (χ4v) is 3.10. The highest BCUT2D eigenvalue weighted by Gasteiger charge is 2.33. The Morgan fingerprint density at radius 1 is 1.48 bits per heavy atom. The van der Waals surface area contributed by atoms with Crippen molar-refractivity contribution in [3.8, 4) is 0 Å². The zero-order valence-electron chi connectivity index (χ0n) is 12.7. The van der Waals surface area contributed by atoms with Crippen molar-refractivity contribution in [2.45, 2.75) is 45.3 Å². The van der Waals surface area contributed by atoms with Gasteiger partial charge in [-0.15, -0.1) is 0 Å². The summed E-state index contributed by atoms with van der Waals surface area (Å²) in [6, 6.07) is 6.12. The number of aryl methyl sites for hydroxylation is 1. The molecule has 0 bridgehead atoms. The summed E-state index contributed by atoms with van der Waals surface area (Å²) in [6.07, 6.45) is 1.44. The van der Waals surface area contributed by atoms with E-state index in [1.807, 2.05) is 32.9 Å². The smallest absolute Gasteiger partial charge is 0.410 e. The molecule has 116 valence electrons. The van der Waals surface area contributed by atoms with Crippen LogP contribution in [0, 0.1) is 0 Å². The summed E-state index contributed by atoms with van der Waals surface area (Å²) in [6.45, 7) is 5.77. The van der Waals surface area contributed by atoms with Crippen molar-refractivity contribution in [3.63, 3.8) is 0 Å². The predicted octanol–water partition coefficient (Wildman–Crippen LogP) is 3.67. The second-order valence-electron chi connectivity index (χ2n) is 6.29. The second-order valence-corrected chi connectivity index (χ2v) is 7.21. The fourth-order valence-electron chi connectivity index (χ4n) is 2.69. The van der Waals surface area contributed by atoms with Gasteiger partial charge in [0.05, 0.1) is 12.6 Å². The average Bonchev–Trinajstić information content (AvgIpc) is 2.76. The summed E-state index contributed by atoms with van der Waals surface area (Å²) in [5.41, 5.74) is 1.87. The Kier molecular flexibility index (Phi) is 4.94. The summed E-state index contributed by atoms with van der Waals surface area (Å²) >= 11 is 3.48. The predicted molar refractivity (Wildman–Crippen MR) is 85.2 cm³/mol. The van der Waals surface area contributed by atoms with Crippen molar-refractivity contribution < 1.29 is 14.6 Å². The standard InChI is InChI=1S/C16H22BrNO3/c1-16(2,3)21-15(20)18(8-9-19)14-7-4-11-10-12(17)5-6-13(11)14/h5-6,10,14,19H,4,7-9H2,1-3H3. The average molecular weight is 356 g/mol. The molecule has 4 nitrogen and oxygen atoms in total. The van der Waals surface area contributed by atoms with Crippen molar-refractivity contribution in [1.29, 1.82) is 0 Å². The lowest BCUT2D eigenvalue weighted by Crippen LogP contribution is -2.40. The van der Waals surface area contributed by atoms with Gasteiger partial charge in [-0.2, -0.15) is 0 Å². The van der Waals surface area contributed by atoms with Gasteiger partial charge in [-0.3, -0.25) is 4.90 Å². The maximum atomic E-state index is 12.4. The molecule has 1 amide bonds. The largest absolute Gasteiger partial charge is 0.444 e. The van der Waals surface area contributed by atoms with Gasteiger partial charge >= 0.3 is 6.09 Å². The maximum absolute atomic E-state index is 12.4. The number of ether oxygens (including phenoxy) is 1. The van der Waals surface area contributed by atoms with E-state index in [1.54, 1.807) is 4.90 Å². The van der Waals surface area contributed by atoms with Gasteiger partial charge in [-0.05, 0) is 56.9 Å². The minimum Gasteiger partial charge on any atom is -0.444 e. The summed E-state index contributed by atoms with van der Waals surface area (Å²) in [7, 11) is 0. The van der Waals surface area contributed by atoms with Gasteiger partial charge in [0.25, 0.3) is 0 Å². The Morgan fingerprint density at radius 2 is 2.19 bits per heavy atom. The van der Waals surface area contributed by atoms with Crippen LogP contribution in [-0.2, 0) is 11.2 Å². The van der Waals surface area contributed by atoms with Crippen molar-refractivity contribution in [3.05, 3.63) is 33.8 Å². The van der Waals surface area contributed by atoms with E-state index in [4.69, 9.17) is 4.74 Å². The number of aliphatic hydroxyl groups excluding tert-OH is 1. The maximum Gasteiger partial charge on any atom is 0.410 e. The Hall–Kier alpha value is -1.07. The molecule has 0 saturated heterocycles. The molecular weight excluding hydrogens is 334 g/mol. The van der Waals surface area contributed by atoms with Gasteiger partial charge in [0.1, 0.15) is 5.60 Å². The van der Waals surface area contributed by atoms with Crippen LogP contribution in [0.5, 0.6) is 0 Å². The molecule has 0 heterocycles. The number of hydrogen-bond acceptors (Lipinski definition) is 3. The van der Waals surface area contributed by atoms with Crippen LogP contribution < -0.4 is 0 Å². The SMILES string of the molecule is CC(C)(C)OC(=O)N(CCO)C1CCc2cc(Br)ccc21. The summed E-state index contributed by atoms with van der Waals surface area (Å²) < 4.78 is 6.52. The monoisotopic (exact) mass is 355 g/mol. The van der Waals surface area contributed by atoms with Crippen molar-refractivity contribution >= 4 is 22.0 Å². The van der Waals surface area contributed by atoms with Gasteiger partial charge < -0.3 is 9.84 Å². The molecule has 1 N–H and O–H groups in total. The van der Waals surface area contributed by atoms with E-state index in [0.29, 0.717) is 0 Å². The Labute approximate surface area is 134 Å². The molecule has 0 radical (unpaired) electrons. The van der Waals surface area contributed by atoms with E-state index in [-0.39, 0.29) is 25.3 Å². The van der Waals surface area contributed by atoms with E-state index < -0.39 is 5.60 Å². The number of nitrogens with zero attached hydrogens (tertiary/aromatic N) is 1. The van der Waals surface area contributed by atoms with Crippen LogP contribution in [0.4, 0.5) is 4.79 Å². The molecule has 0 aliphatic heterocycles. The highest BCUT2D eigenvalue weighted by atomic mass is 79.9. The highest BCUT2D eigenvalue weighted by molar-refractivity contribution is 9.10. The second kappa shape index (κ2) is 6.36. The first-order valence-electron chi connectivity index (χ1n) is 7.20. The van der Waals surface area contributed by atoms with Crippen LogP contribution in [0.25, 0.3) is 0 Å². The minimum absolute atomic E-state index is 0.0184. The van der Waals surface area contributed by atoms with Crippen LogP contribution >= 0.6 is 15.9 Å². The van der Waals surface area contributed by atoms with E-state index >= 15 is 0 Å². The summed E-state index contributed by atoms with van der Waals surface area (Å²) in [4.78, 5) is 14.0. The molecule has 0 saturated carbocycles. The first-order valence-corrected chi connectivity index (χ1v) is 8.00. The third kappa shape index (κ3) is 3.98. The molecular formula is C16H22BrNO3. The molecule has 0 spiro atoms. The highest BCUT2D eigenvalue weighted by Crippen LogP contribution is 2.37. The quantitative estimate of drug-likeness (QED) is 0.899. The summed E-state index contributed by atoms with van der Waals surface area (Å²) in [5, 5.41) is 9.28. The Morgan fingerprint density at radius 3 is 2.81 bits per heavy atom. The molecule has 0 fully saturated rings. The third-order valence-electron chi connectivity index (χ3n) is 3.50. The van der Waals surface area contributed by atoms with Gasteiger partial charge in [0.15, 0.2) is 0 Å². The molecule has 1 unspecified atom stereocenters. The topological polar surface area (TPSA) is 49.8 Å². The van der Waals surface area contributed by atoms with Crippen LogP contribution in [0.2, 0.25) is 0 Å². The van der Waals surface area contributed by atoms with Gasteiger partial charge in [0.2, 0.25) is 0 Å². The van der Waals surface area contributed by atoms with E-state index in [1.165, 1.54) is 5.56 Å². The number of aliphatic hydroxyl groups is 1. The number of halogens is 1. The number of carbonyl (C=O) groups excluding carboxylic acids is 1. The molecule has 1 aromatic rings. The lowest BCUT2D eigenvalue weighted by atomic mass is 10.1. The van der Waals surface area contributed by atoms with Crippen molar-refractivity contribution in [1.82, 2.24) is 4.90 Å². The third-order valence-corrected chi connectivity index (χ3v) is 3.99. The van der Waals surface area contributed by atoms with Gasteiger partial charge in [-0.25, -0.2) is 4.79 Å². The lowest BCUT2D eigenvalue weighted by Gasteiger charge is -2.31. The van der Waals surface area contributed by atoms with Crippen LogP contribution in [-0.4, -0.2) is 34.9 Å². The number of fused-ring (bicyclic) bond motifs is 1. The minimum atomic E-state index is -0.536. The Balaban J connectivity index is 2.23. The zero-order valence-corrected chi connectivity index (χ0v) is 14.3. The van der Waals surface area contributed by atoms with Crippen LogP contribution in [0.3, 0.4) is 0 Å². The molecule has 1 aromatic carbocycles. The van der Waals surface area contributed by atoms with Crippen LogP contribution in [0.1, 0.15) is 44.4 Å². The molecule has 1 aliphatic carbocycles.